The molecule has 1 N–H and O–H groups in total. The molecule has 3 rings (SSSR count). The van der Waals surface area contributed by atoms with Crippen molar-refractivity contribution in [1.82, 2.24) is 4.57 Å². The molecule has 2 heterocycles. The minimum absolute atomic E-state index is 0.00998. The summed E-state index contributed by atoms with van der Waals surface area (Å²) in [5, 5.41) is 19.6. The summed E-state index contributed by atoms with van der Waals surface area (Å²) in [6.07, 6.45) is 1.54. The van der Waals surface area contributed by atoms with Crippen molar-refractivity contribution in [3.63, 3.8) is 0 Å². The van der Waals surface area contributed by atoms with Gasteiger partial charge in [-0.1, -0.05) is 17.7 Å². The molecule has 1 aliphatic rings. The summed E-state index contributed by atoms with van der Waals surface area (Å²) in [5.74, 6) is 0.299. The van der Waals surface area contributed by atoms with Gasteiger partial charge in [0.2, 0.25) is 17.5 Å². The lowest BCUT2D eigenvalue weighted by atomic mass is 10.2. The number of ether oxygens (including phenoxy) is 2. The Kier molecular flexibility index (Phi) is 5.81. The number of aromatic nitrogens is 1. The van der Waals surface area contributed by atoms with Crippen LogP contribution in [0.4, 0.5) is 5.69 Å². The fourth-order valence-corrected chi connectivity index (χ4v) is 3.56. The van der Waals surface area contributed by atoms with Crippen LogP contribution < -0.4 is 0 Å². The van der Waals surface area contributed by atoms with Gasteiger partial charge in [-0.05, 0) is 31.3 Å². The second kappa shape index (κ2) is 8.26. The van der Waals surface area contributed by atoms with Crippen LogP contribution in [0.15, 0.2) is 40.1 Å². The molecule has 0 saturated carbocycles. The van der Waals surface area contributed by atoms with Gasteiger partial charge in [-0.25, -0.2) is 4.99 Å². The van der Waals surface area contributed by atoms with Gasteiger partial charge in [0, 0.05) is 13.2 Å². The Morgan fingerprint density at radius 2 is 2.19 bits per heavy atom. The molecule has 7 nitrogen and oxygen atoms in total. The first kappa shape index (κ1) is 19.0. The second-order valence-corrected chi connectivity index (χ2v) is 7.29. The van der Waals surface area contributed by atoms with Crippen molar-refractivity contribution in [3.05, 3.63) is 44.5 Å². The van der Waals surface area contributed by atoms with Crippen LogP contribution in [-0.2, 0) is 16.0 Å². The minimum Gasteiger partial charge on any atom is -0.493 e. The Morgan fingerprint density at radius 3 is 2.85 bits per heavy atom. The van der Waals surface area contributed by atoms with Crippen molar-refractivity contribution >= 4 is 46.9 Å². The quantitative estimate of drug-likeness (QED) is 0.767. The highest BCUT2D eigenvalue weighted by Crippen LogP contribution is 2.30. The number of rotatable bonds is 5. The molecule has 0 atom stereocenters. The highest BCUT2D eigenvalue weighted by molar-refractivity contribution is 7.73. The van der Waals surface area contributed by atoms with Gasteiger partial charge in [-0.2, -0.15) is 10.3 Å². The number of aryl methyl sites for hydroxylation is 1. The maximum Gasteiger partial charge on any atom is 0.258 e. The summed E-state index contributed by atoms with van der Waals surface area (Å²) in [7, 11) is 1.58. The molecule has 0 aliphatic carbocycles. The molecule has 0 spiro atoms. The standard InChI is InChI=1S/C18H16N4O3S2/c1-11-3-5-12(6-4-11)20-16-13(10-19)21-15(25-16)9-14-17(23)22(7-8-24-2)18(26)27-14/h3-6,9,23H,7-8H2,1-2H3. The summed E-state index contributed by atoms with van der Waals surface area (Å²) in [6, 6.07) is 9.47. The summed E-state index contributed by atoms with van der Waals surface area (Å²) in [4.78, 5) is 8.95. The van der Waals surface area contributed by atoms with E-state index >= 15 is 0 Å². The Bertz CT molecular complexity index is 1040. The highest BCUT2D eigenvalue weighted by Gasteiger charge is 2.23. The van der Waals surface area contributed by atoms with Gasteiger partial charge in [0.15, 0.2) is 3.95 Å². The zero-order valence-corrected chi connectivity index (χ0v) is 16.3. The number of aliphatic imine (C=N–C) groups is 2. The Labute approximate surface area is 165 Å². The molecule has 2 aromatic rings. The van der Waals surface area contributed by atoms with Gasteiger partial charge in [-0.15, -0.1) is 11.3 Å². The number of nitrogens with zero attached hydrogens (tertiary/aromatic N) is 4. The number of benzene rings is 1. The van der Waals surface area contributed by atoms with Crippen LogP contribution >= 0.6 is 23.6 Å². The first-order chi connectivity index (χ1) is 13.0. The number of hydrogen-bond donors (Lipinski definition) is 1. The molecule has 138 valence electrons. The van der Waals surface area contributed by atoms with E-state index in [0.29, 0.717) is 27.7 Å². The van der Waals surface area contributed by atoms with Crippen molar-refractivity contribution in [2.75, 3.05) is 13.7 Å². The predicted molar refractivity (Wildman–Crippen MR) is 107 cm³/mol. The number of methoxy groups -OCH3 is 1. The summed E-state index contributed by atoms with van der Waals surface area (Å²) in [6.45, 7) is 2.84. The maximum atomic E-state index is 10.4. The van der Waals surface area contributed by atoms with E-state index in [2.05, 4.69) is 9.98 Å². The second-order valence-electron chi connectivity index (χ2n) is 5.61. The van der Waals surface area contributed by atoms with E-state index < -0.39 is 0 Å². The van der Waals surface area contributed by atoms with Crippen molar-refractivity contribution in [1.29, 1.82) is 5.26 Å². The largest absolute Gasteiger partial charge is 0.493 e. The maximum absolute atomic E-state index is 10.4. The number of hydrogen-bond acceptors (Lipinski definition) is 8. The Balaban J connectivity index is 1.89. The van der Waals surface area contributed by atoms with Gasteiger partial charge in [-0.3, -0.25) is 4.57 Å². The SMILES string of the molecule is COCCn1c(O)c(C=C2N=C(C#N)C(=Nc3ccc(C)cc3)O2)sc1=S. The van der Waals surface area contributed by atoms with E-state index in [0.717, 1.165) is 5.56 Å². The monoisotopic (exact) mass is 400 g/mol. The lowest BCUT2D eigenvalue weighted by Gasteiger charge is -2.03. The molecule has 27 heavy (non-hydrogen) atoms. The van der Waals surface area contributed by atoms with E-state index in [1.165, 1.54) is 17.4 Å². The third kappa shape index (κ3) is 4.31. The van der Waals surface area contributed by atoms with E-state index in [4.69, 9.17) is 21.7 Å². The molecular weight excluding hydrogens is 384 g/mol. The van der Waals surface area contributed by atoms with Crippen LogP contribution in [-0.4, -0.2) is 35.0 Å². The molecule has 0 unspecified atom stereocenters. The molecule has 0 radical (unpaired) electrons. The molecule has 0 amide bonds. The van der Waals surface area contributed by atoms with E-state index in [1.54, 1.807) is 11.7 Å². The van der Waals surface area contributed by atoms with Gasteiger partial charge in [0.25, 0.3) is 5.90 Å². The number of thiazole rings is 1. The van der Waals surface area contributed by atoms with Gasteiger partial charge in [0.1, 0.15) is 6.07 Å². The highest BCUT2D eigenvalue weighted by atomic mass is 32.1. The molecule has 9 heteroatoms. The first-order valence-corrected chi connectivity index (χ1v) is 9.20. The average molecular weight is 400 g/mol. The van der Waals surface area contributed by atoms with E-state index in [-0.39, 0.29) is 23.4 Å². The van der Waals surface area contributed by atoms with Crippen LogP contribution in [0.5, 0.6) is 5.88 Å². The number of aromatic hydroxyl groups is 1. The normalized spacial score (nSPS) is 16.4. The van der Waals surface area contributed by atoms with Crippen molar-refractivity contribution in [3.8, 4) is 11.9 Å². The summed E-state index contributed by atoms with van der Waals surface area (Å²) in [5.41, 5.74) is 1.84. The van der Waals surface area contributed by atoms with Crippen LogP contribution in [0.1, 0.15) is 10.4 Å². The van der Waals surface area contributed by atoms with Crippen LogP contribution in [0, 0.1) is 22.2 Å². The minimum atomic E-state index is 0.00998. The van der Waals surface area contributed by atoms with Gasteiger partial charge < -0.3 is 14.6 Å². The van der Waals surface area contributed by atoms with Gasteiger partial charge in [0.05, 0.1) is 23.7 Å². The fraction of sp³-hybridized carbons (Fsp3) is 0.222. The molecule has 0 saturated heterocycles. The molecule has 1 aromatic heterocycles. The van der Waals surface area contributed by atoms with Gasteiger partial charge >= 0.3 is 0 Å². The molecular formula is C18H16N4O3S2. The first-order valence-electron chi connectivity index (χ1n) is 7.97. The van der Waals surface area contributed by atoms with E-state index in [1.807, 2.05) is 37.3 Å². The third-order valence-electron chi connectivity index (χ3n) is 3.66. The van der Waals surface area contributed by atoms with Crippen molar-refractivity contribution in [2.24, 2.45) is 9.98 Å². The molecule has 1 aromatic carbocycles. The summed E-state index contributed by atoms with van der Waals surface area (Å²) >= 11 is 6.48. The molecule has 0 fully saturated rings. The summed E-state index contributed by atoms with van der Waals surface area (Å²) < 4.78 is 12.7. The fourth-order valence-electron chi connectivity index (χ4n) is 2.28. The van der Waals surface area contributed by atoms with Crippen LogP contribution in [0.3, 0.4) is 0 Å². The third-order valence-corrected chi connectivity index (χ3v) is 5.05. The lowest BCUT2D eigenvalue weighted by molar-refractivity contribution is 0.183. The van der Waals surface area contributed by atoms with Crippen LogP contribution in [0.25, 0.3) is 6.08 Å². The lowest BCUT2D eigenvalue weighted by Crippen LogP contribution is -2.07. The Morgan fingerprint density at radius 1 is 1.44 bits per heavy atom. The Hall–Kier alpha value is -2.80. The van der Waals surface area contributed by atoms with Crippen LogP contribution in [0.2, 0.25) is 0 Å². The zero-order valence-electron chi connectivity index (χ0n) is 14.7. The predicted octanol–water partition coefficient (Wildman–Crippen LogP) is 3.96. The zero-order chi connectivity index (χ0) is 19.4. The molecule has 1 aliphatic heterocycles. The van der Waals surface area contributed by atoms with Crippen molar-refractivity contribution < 1.29 is 14.6 Å². The molecule has 0 bridgehead atoms. The topological polar surface area (TPSA) is 92.1 Å². The smallest absolute Gasteiger partial charge is 0.258 e. The van der Waals surface area contributed by atoms with Crippen molar-refractivity contribution in [2.45, 2.75) is 13.5 Å². The van der Waals surface area contributed by atoms with E-state index in [9.17, 15) is 10.4 Å². The average Bonchev–Trinajstić information content (AvgIpc) is 3.16. The number of nitriles is 1.